The summed E-state index contributed by atoms with van der Waals surface area (Å²) in [7, 11) is 0. The second kappa shape index (κ2) is 4.54. The molecule has 0 saturated carbocycles. The maximum absolute atomic E-state index is 8.78. The van der Waals surface area contributed by atoms with E-state index in [4.69, 9.17) is 27.1 Å². The number of nitrogens with two attached hydrogens (primary N) is 4. The van der Waals surface area contributed by atoms with Crippen LogP contribution in [0, 0.1) is 0 Å². The largest absolute Gasteiger partial charge is 0.465 e. The van der Waals surface area contributed by atoms with Gasteiger partial charge in [-0.2, -0.15) is 15.0 Å². The van der Waals surface area contributed by atoms with Crippen LogP contribution in [0.4, 0.5) is 22.6 Å². The first-order valence-corrected chi connectivity index (χ1v) is 2.92. The number of nitrogens with zero attached hydrogens (tertiary/aromatic N) is 3. The van der Waals surface area contributed by atoms with Crippen molar-refractivity contribution in [3.8, 4) is 0 Å². The van der Waals surface area contributed by atoms with Gasteiger partial charge in [-0.3, -0.25) is 0 Å². The van der Waals surface area contributed by atoms with Gasteiger partial charge >= 0.3 is 6.09 Å². The molecule has 0 bridgehead atoms. The van der Waals surface area contributed by atoms with Crippen molar-refractivity contribution >= 4 is 23.9 Å². The van der Waals surface area contributed by atoms with Crippen LogP contribution in [-0.4, -0.2) is 26.2 Å². The lowest BCUT2D eigenvalue weighted by Gasteiger charge is -1.93. The smallest absolute Gasteiger partial charge is 0.402 e. The molecule has 1 aromatic heterocycles. The standard InChI is InChI=1S/C3H6N6.CH3NO2/c4-1-7-2(5)9-3(6)8-1;2-1(3)4/h(H6,4,5,6,7,8,9);2H2,(H,3,4). The van der Waals surface area contributed by atoms with Gasteiger partial charge < -0.3 is 28.0 Å². The zero-order valence-electron chi connectivity index (χ0n) is 6.51. The van der Waals surface area contributed by atoms with Crippen molar-refractivity contribution in [2.75, 3.05) is 17.2 Å². The van der Waals surface area contributed by atoms with E-state index < -0.39 is 6.09 Å². The first-order chi connectivity index (χ1) is 5.91. The molecule has 1 heterocycles. The van der Waals surface area contributed by atoms with E-state index in [1.807, 2.05) is 0 Å². The summed E-state index contributed by atoms with van der Waals surface area (Å²) in [6, 6.07) is 0. The van der Waals surface area contributed by atoms with Crippen LogP contribution < -0.4 is 22.9 Å². The van der Waals surface area contributed by atoms with Gasteiger partial charge in [-0.1, -0.05) is 0 Å². The van der Waals surface area contributed by atoms with Gasteiger partial charge in [-0.15, -0.1) is 0 Å². The third-order valence-corrected chi connectivity index (χ3v) is 0.687. The Morgan fingerprint density at radius 2 is 1.15 bits per heavy atom. The lowest BCUT2D eigenvalue weighted by atomic mass is 10.9. The second-order valence-electron chi connectivity index (χ2n) is 1.75. The van der Waals surface area contributed by atoms with Crippen LogP contribution >= 0.6 is 0 Å². The van der Waals surface area contributed by atoms with Crippen LogP contribution in [0.2, 0.25) is 0 Å². The highest BCUT2D eigenvalue weighted by Gasteiger charge is 1.93. The molecule has 72 valence electrons. The van der Waals surface area contributed by atoms with E-state index in [1.165, 1.54) is 0 Å². The number of rotatable bonds is 0. The van der Waals surface area contributed by atoms with Crippen molar-refractivity contribution in [3.05, 3.63) is 0 Å². The van der Waals surface area contributed by atoms with Crippen LogP contribution in [-0.2, 0) is 0 Å². The highest BCUT2D eigenvalue weighted by Crippen LogP contribution is 1.97. The summed E-state index contributed by atoms with van der Waals surface area (Å²) >= 11 is 0. The Balaban J connectivity index is 0.000000310. The summed E-state index contributed by atoms with van der Waals surface area (Å²) in [6.45, 7) is 0. The van der Waals surface area contributed by atoms with Crippen LogP contribution in [0.15, 0.2) is 0 Å². The molecule has 0 spiro atoms. The highest BCUT2D eigenvalue weighted by atomic mass is 16.4. The number of primary amides is 1. The van der Waals surface area contributed by atoms with E-state index >= 15 is 0 Å². The summed E-state index contributed by atoms with van der Waals surface area (Å²) in [4.78, 5) is 19.2. The topological polar surface area (TPSA) is 180 Å². The summed E-state index contributed by atoms with van der Waals surface area (Å²) < 4.78 is 0. The van der Waals surface area contributed by atoms with E-state index in [0.717, 1.165) is 0 Å². The van der Waals surface area contributed by atoms with E-state index in [2.05, 4.69) is 20.7 Å². The molecule has 0 unspecified atom stereocenters. The van der Waals surface area contributed by atoms with Crippen molar-refractivity contribution in [3.63, 3.8) is 0 Å². The number of amides is 1. The summed E-state index contributed by atoms with van der Waals surface area (Å²) in [5, 5.41) is 7.19. The fourth-order valence-electron chi connectivity index (χ4n) is 0.427. The number of carboxylic acid groups (broad SMARTS) is 1. The van der Waals surface area contributed by atoms with Gasteiger partial charge in [0.05, 0.1) is 0 Å². The normalized spacial score (nSPS) is 8.31. The molecule has 1 aromatic rings. The fourth-order valence-corrected chi connectivity index (χ4v) is 0.427. The molecule has 0 aliphatic carbocycles. The minimum atomic E-state index is -1.33. The molecule has 0 aromatic carbocycles. The van der Waals surface area contributed by atoms with Crippen LogP contribution in [0.3, 0.4) is 0 Å². The minimum absolute atomic E-state index is 0.0417. The van der Waals surface area contributed by atoms with E-state index in [-0.39, 0.29) is 17.8 Å². The average Bonchev–Trinajstić information content (AvgIpc) is 1.80. The van der Waals surface area contributed by atoms with Crippen molar-refractivity contribution < 1.29 is 9.90 Å². The Labute approximate surface area is 72.8 Å². The maximum atomic E-state index is 8.78. The molecule has 0 aliphatic rings. The van der Waals surface area contributed by atoms with E-state index in [9.17, 15) is 0 Å². The summed E-state index contributed by atoms with van der Waals surface area (Å²) in [5.74, 6) is 0.125. The van der Waals surface area contributed by atoms with Gasteiger partial charge in [0.2, 0.25) is 17.8 Å². The third kappa shape index (κ3) is 6.09. The molecule has 0 fully saturated rings. The number of aromatic nitrogens is 3. The Hall–Kier alpha value is -2.32. The van der Waals surface area contributed by atoms with Crippen molar-refractivity contribution in [1.82, 2.24) is 15.0 Å². The Morgan fingerprint density at radius 1 is 1.00 bits per heavy atom. The molecule has 0 saturated heterocycles. The SMILES string of the molecule is NC(=O)O.Nc1nc(N)nc(N)n1. The monoisotopic (exact) mass is 187 g/mol. The zero-order chi connectivity index (χ0) is 10.4. The van der Waals surface area contributed by atoms with Crippen LogP contribution in [0.1, 0.15) is 0 Å². The number of anilines is 3. The van der Waals surface area contributed by atoms with Gasteiger partial charge in [0.15, 0.2) is 0 Å². The molecule has 13 heavy (non-hydrogen) atoms. The average molecular weight is 187 g/mol. The minimum Gasteiger partial charge on any atom is -0.465 e. The second-order valence-corrected chi connectivity index (χ2v) is 1.75. The van der Waals surface area contributed by atoms with Crippen molar-refractivity contribution in [2.24, 2.45) is 5.73 Å². The quantitative estimate of drug-likeness (QED) is 0.316. The zero-order valence-corrected chi connectivity index (χ0v) is 6.51. The lowest BCUT2D eigenvalue weighted by molar-refractivity contribution is 0.205. The summed E-state index contributed by atoms with van der Waals surface area (Å²) in [5.41, 5.74) is 19.4. The van der Waals surface area contributed by atoms with Crippen LogP contribution in [0.5, 0.6) is 0 Å². The fraction of sp³-hybridized carbons (Fsp3) is 0. The first kappa shape index (κ1) is 10.7. The number of hydrogen-bond donors (Lipinski definition) is 5. The molecule has 9 nitrogen and oxygen atoms in total. The Bertz CT molecular complexity index is 246. The van der Waals surface area contributed by atoms with Crippen LogP contribution in [0.25, 0.3) is 0 Å². The molecule has 0 aliphatic heterocycles. The summed E-state index contributed by atoms with van der Waals surface area (Å²) in [6.07, 6.45) is -1.33. The van der Waals surface area contributed by atoms with E-state index in [0.29, 0.717) is 0 Å². The molecule has 9 heteroatoms. The van der Waals surface area contributed by atoms with Gasteiger partial charge in [0, 0.05) is 0 Å². The van der Waals surface area contributed by atoms with Gasteiger partial charge in [0.1, 0.15) is 0 Å². The predicted octanol–water partition coefficient (Wildman–Crippen LogP) is -1.76. The number of carbonyl (C=O) groups is 1. The molecule has 1 amide bonds. The third-order valence-electron chi connectivity index (χ3n) is 0.687. The molecule has 1 rings (SSSR count). The predicted molar refractivity (Wildman–Crippen MR) is 45.3 cm³/mol. The lowest BCUT2D eigenvalue weighted by Crippen LogP contribution is -2.05. The number of nitrogen functional groups attached to an aromatic ring is 3. The highest BCUT2D eigenvalue weighted by molar-refractivity contribution is 5.61. The van der Waals surface area contributed by atoms with E-state index in [1.54, 1.807) is 0 Å². The van der Waals surface area contributed by atoms with Crippen molar-refractivity contribution in [2.45, 2.75) is 0 Å². The molecular weight excluding hydrogens is 178 g/mol. The maximum Gasteiger partial charge on any atom is 0.402 e. The molecule has 0 radical (unpaired) electrons. The van der Waals surface area contributed by atoms with Gasteiger partial charge in [-0.05, 0) is 0 Å². The molecule has 0 atom stereocenters. The Morgan fingerprint density at radius 3 is 1.31 bits per heavy atom. The van der Waals surface area contributed by atoms with Gasteiger partial charge in [-0.25, -0.2) is 4.79 Å². The van der Waals surface area contributed by atoms with Crippen molar-refractivity contribution in [1.29, 1.82) is 0 Å². The molecular formula is C4H9N7O2. The first-order valence-electron chi connectivity index (χ1n) is 2.92. The number of hydrogen-bond acceptors (Lipinski definition) is 7. The molecule has 9 N–H and O–H groups in total. The Kier molecular flexibility index (Phi) is 3.73. The van der Waals surface area contributed by atoms with Gasteiger partial charge in [0.25, 0.3) is 0 Å².